The van der Waals surface area contributed by atoms with Gasteiger partial charge in [0.25, 0.3) is 0 Å². The molecule has 1 aromatic rings. The van der Waals surface area contributed by atoms with E-state index in [1.165, 1.54) is 4.90 Å². The standard InChI is InChI=1S/C15H22N2O3/c1-4-10-17(11-13(18)19)14(15(20)16(2)3)12-8-6-5-7-9-12/h5-9,14H,4,10-11H2,1-3H3,(H,18,19). The Morgan fingerprint density at radius 3 is 2.25 bits per heavy atom. The maximum atomic E-state index is 12.4. The summed E-state index contributed by atoms with van der Waals surface area (Å²) in [6.07, 6.45) is 0.789. The lowest BCUT2D eigenvalue weighted by Gasteiger charge is -2.31. The second-order valence-corrected chi connectivity index (χ2v) is 4.91. The summed E-state index contributed by atoms with van der Waals surface area (Å²) in [5.41, 5.74) is 0.820. The molecule has 0 bridgehead atoms. The normalized spacial score (nSPS) is 12.2. The summed E-state index contributed by atoms with van der Waals surface area (Å²) >= 11 is 0. The van der Waals surface area contributed by atoms with E-state index >= 15 is 0 Å². The molecule has 5 nitrogen and oxygen atoms in total. The lowest BCUT2D eigenvalue weighted by Crippen LogP contribution is -2.42. The van der Waals surface area contributed by atoms with Crippen molar-refractivity contribution in [2.45, 2.75) is 19.4 Å². The first kappa shape index (κ1) is 16.2. The Morgan fingerprint density at radius 2 is 1.80 bits per heavy atom. The predicted molar refractivity (Wildman–Crippen MR) is 77.4 cm³/mol. The molecular weight excluding hydrogens is 256 g/mol. The fourth-order valence-electron chi connectivity index (χ4n) is 2.15. The Morgan fingerprint density at radius 1 is 1.20 bits per heavy atom. The van der Waals surface area contributed by atoms with Crippen molar-refractivity contribution >= 4 is 11.9 Å². The third-order valence-corrected chi connectivity index (χ3v) is 3.00. The Bertz CT molecular complexity index is 446. The van der Waals surface area contributed by atoms with Crippen LogP contribution in [0.4, 0.5) is 0 Å². The molecule has 0 aliphatic heterocycles. The first-order valence-electron chi connectivity index (χ1n) is 6.69. The Balaban J connectivity index is 3.13. The second-order valence-electron chi connectivity index (χ2n) is 4.91. The van der Waals surface area contributed by atoms with E-state index in [2.05, 4.69) is 0 Å². The molecule has 0 aliphatic carbocycles. The average molecular weight is 278 g/mol. The molecule has 1 rings (SSSR count). The summed E-state index contributed by atoms with van der Waals surface area (Å²) in [6, 6.07) is 8.75. The summed E-state index contributed by atoms with van der Waals surface area (Å²) < 4.78 is 0. The molecule has 110 valence electrons. The molecule has 0 saturated heterocycles. The lowest BCUT2D eigenvalue weighted by atomic mass is 10.0. The number of aliphatic carboxylic acids is 1. The third kappa shape index (κ3) is 4.35. The van der Waals surface area contributed by atoms with E-state index < -0.39 is 12.0 Å². The minimum Gasteiger partial charge on any atom is -0.480 e. The van der Waals surface area contributed by atoms with Gasteiger partial charge in [-0.3, -0.25) is 14.5 Å². The maximum absolute atomic E-state index is 12.4. The number of rotatable bonds is 7. The molecule has 5 heteroatoms. The molecule has 0 saturated carbocycles. The molecule has 1 unspecified atom stereocenters. The van der Waals surface area contributed by atoms with Gasteiger partial charge >= 0.3 is 5.97 Å². The number of hydrogen-bond acceptors (Lipinski definition) is 3. The van der Waals surface area contributed by atoms with Crippen LogP contribution >= 0.6 is 0 Å². The first-order valence-corrected chi connectivity index (χ1v) is 6.69. The summed E-state index contributed by atoms with van der Waals surface area (Å²) in [5, 5.41) is 9.06. The molecule has 1 N–H and O–H groups in total. The Labute approximate surface area is 119 Å². The van der Waals surface area contributed by atoms with E-state index in [4.69, 9.17) is 5.11 Å². The fourth-order valence-corrected chi connectivity index (χ4v) is 2.15. The van der Waals surface area contributed by atoms with Crippen LogP contribution in [0.5, 0.6) is 0 Å². The van der Waals surface area contributed by atoms with Crippen molar-refractivity contribution in [3.63, 3.8) is 0 Å². The van der Waals surface area contributed by atoms with E-state index in [9.17, 15) is 9.59 Å². The number of amides is 1. The molecule has 1 atom stereocenters. The third-order valence-electron chi connectivity index (χ3n) is 3.00. The van der Waals surface area contributed by atoms with Gasteiger partial charge in [-0.25, -0.2) is 0 Å². The van der Waals surface area contributed by atoms with Crippen LogP contribution in [0.2, 0.25) is 0 Å². The van der Waals surface area contributed by atoms with E-state index in [1.807, 2.05) is 37.3 Å². The number of carbonyl (C=O) groups is 2. The van der Waals surface area contributed by atoms with E-state index in [-0.39, 0.29) is 12.5 Å². The maximum Gasteiger partial charge on any atom is 0.317 e. The average Bonchev–Trinajstić information content (AvgIpc) is 2.39. The summed E-state index contributed by atoms with van der Waals surface area (Å²) in [7, 11) is 3.37. The molecule has 0 fully saturated rings. The molecule has 20 heavy (non-hydrogen) atoms. The van der Waals surface area contributed by atoms with Crippen LogP contribution in [0.1, 0.15) is 24.9 Å². The second kappa shape index (κ2) is 7.65. The first-order chi connectivity index (χ1) is 9.47. The molecule has 0 heterocycles. The number of nitrogens with zero attached hydrogens (tertiary/aromatic N) is 2. The van der Waals surface area contributed by atoms with E-state index in [1.54, 1.807) is 19.0 Å². The van der Waals surface area contributed by atoms with E-state index in [0.717, 1.165) is 12.0 Å². The zero-order valence-corrected chi connectivity index (χ0v) is 12.2. The number of carbonyl (C=O) groups excluding carboxylic acids is 1. The summed E-state index contributed by atoms with van der Waals surface area (Å²) in [4.78, 5) is 26.7. The Kier molecular flexibility index (Phi) is 6.18. The quantitative estimate of drug-likeness (QED) is 0.823. The van der Waals surface area contributed by atoms with Crippen molar-refractivity contribution in [2.75, 3.05) is 27.2 Å². The largest absolute Gasteiger partial charge is 0.480 e. The van der Waals surface area contributed by atoms with Crippen molar-refractivity contribution < 1.29 is 14.7 Å². The Hall–Kier alpha value is -1.88. The van der Waals surface area contributed by atoms with Gasteiger partial charge in [-0.2, -0.15) is 0 Å². The van der Waals surface area contributed by atoms with Gasteiger partial charge in [0.05, 0.1) is 6.54 Å². The zero-order valence-electron chi connectivity index (χ0n) is 12.2. The number of benzene rings is 1. The lowest BCUT2D eigenvalue weighted by molar-refractivity contribution is -0.142. The molecule has 0 spiro atoms. The van der Waals surface area contributed by atoms with Gasteiger partial charge in [-0.15, -0.1) is 0 Å². The summed E-state index contributed by atoms with van der Waals surface area (Å²) in [6.45, 7) is 2.38. The van der Waals surface area contributed by atoms with Gasteiger partial charge in [0, 0.05) is 14.1 Å². The van der Waals surface area contributed by atoms with Crippen LogP contribution in [0.25, 0.3) is 0 Å². The molecule has 0 aliphatic rings. The van der Waals surface area contributed by atoms with Crippen molar-refractivity contribution in [3.8, 4) is 0 Å². The molecule has 1 aromatic carbocycles. The minimum absolute atomic E-state index is 0.106. The minimum atomic E-state index is -0.925. The van der Waals surface area contributed by atoms with Crippen molar-refractivity contribution in [1.82, 2.24) is 9.80 Å². The number of hydrogen-bond donors (Lipinski definition) is 1. The fraction of sp³-hybridized carbons (Fsp3) is 0.467. The van der Waals surface area contributed by atoms with Gasteiger partial charge < -0.3 is 10.0 Å². The SMILES string of the molecule is CCCN(CC(=O)O)C(C(=O)N(C)C)c1ccccc1. The van der Waals surface area contributed by atoms with Crippen LogP contribution in [-0.4, -0.2) is 54.0 Å². The molecule has 0 radical (unpaired) electrons. The van der Waals surface area contributed by atoms with E-state index in [0.29, 0.717) is 6.54 Å². The highest BCUT2D eigenvalue weighted by atomic mass is 16.4. The van der Waals surface area contributed by atoms with Crippen LogP contribution in [0.3, 0.4) is 0 Å². The van der Waals surface area contributed by atoms with Gasteiger partial charge in [-0.05, 0) is 18.5 Å². The molecular formula is C15H22N2O3. The van der Waals surface area contributed by atoms with Crippen LogP contribution in [0.15, 0.2) is 30.3 Å². The van der Waals surface area contributed by atoms with Crippen molar-refractivity contribution in [3.05, 3.63) is 35.9 Å². The number of carboxylic acid groups (broad SMARTS) is 1. The molecule has 1 amide bonds. The van der Waals surface area contributed by atoms with Crippen molar-refractivity contribution in [2.24, 2.45) is 0 Å². The highest BCUT2D eigenvalue weighted by Gasteiger charge is 2.29. The zero-order chi connectivity index (χ0) is 15.1. The van der Waals surface area contributed by atoms with Crippen LogP contribution < -0.4 is 0 Å². The monoisotopic (exact) mass is 278 g/mol. The van der Waals surface area contributed by atoms with Crippen LogP contribution in [0, 0.1) is 0 Å². The van der Waals surface area contributed by atoms with Crippen LogP contribution in [-0.2, 0) is 9.59 Å². The highest BCUT2D eigenvalue weighted by molar-refractivity contribution is 5.83. The highest BCUT2D eigenvalue weighted by Crippen LogP contribution is 2.22. The summed E-state index contributed by atoms with van der Waals surface area (Å²) in [5.74, 6) is -1.03. The van der Waals surface area contributed by atoms with Gasteiger partial charge in [0.1, 0.15) is 6.04 Å². The van der Waals surface area contributed by atoms with Gasteiger partial charge in [0.15, 0.2) is 0 Å². The van der Waals surface area contributed by atoms with Gasteiger partial charge in [0.2, 0.25) is 5.91 Å². The van der Waals surface area contributed by atoms with Crippen molar-refractivity contribution in [1.29, 1.82) is 0 Å². The topological polar surface area (TPSA) is 60.9 Å². The number of likely N-dealkylation sites (N-methyl/N-ethyl adjacent to an activating group) is 1. The van der Waals surface area contributed by atoms with Gasteiger partial charge in [-0.1, -0.05) is 37.3 Å². The smallest absolute Gasteiger partial charge is 0.317 e. The molecule has 0 aromatic heterocycles. The number of carboxylic acids is 1. The predicted octanol–water partition coefficient (Wildman–Crippen LogP) is 1.61.